The first-order chi connectivity index (χ1) is 21.8. The van der Waals surface area contributed by atoms with Crippen LogP contribution in [0.25, 0.3) is 6.08 Å². The van der Waals surface area contributed by atoms with E-state index in [0.29, 0.717) is 27.5 Å². The van der Waals surface area contributed by atoms with Gasteiger partial charge in [0.1, 0.15) is 16.8 Å². The molecular weight excluding hydrogens is 609 g/mol. The zero-order chi connectivity index (χ0) is 31.6. The van der Waals surface area contributed by atoms with Crippen LogP contribution >= 0.6 is 23.4 Å². The second-order valence-electron chi connectivity index (χ2n) is 9.81. The maximum Gasteiger partial charge on any atom is 0.272 e. The van der Waals surface area contributed by atoms with Gasteiger partial charge in [0.2, 0.25) is 5.91 Å². The van der Waals surface area contributed by atoms with Crippen molar-refractivity contribution in [3.63, 3.8) is 0 Å². The van der Waals surface area contributed by atoms with Crippen molar-refractivity contribution in [3.05, 3.63) is 167 Å². The average molecular weight is 636 g/mol. The predicted octanol–water partition coefficient (Wildman–Crippen LogP) is 8.36. The highest BCUT2D eigenvalue weighted by Crippen LogP contribution is 2.37. The summed E-state index contributed by atoms with van der Waals surface area (Å²) >= 11 is 7.35. The summed E-state index contributed by atoms with van der Waals surface area (Å²) in [4.78, 5) is 40.4. The molecule has 0 aliphatic carbocycles. The van der Waals surface area contributed by atoms with Crippen molar-refractivity contribution in [1.82, 2.24) is 5.32 Å². The van der Waals surface area contributed by atoms with Gasteiger partial charge in [-0.1, -0.05) is 72.3 Å². The fraction of sp³-hybridized carbons (Fsp3) is 0.0278. The molecule has 5 aromatic carbocycles. The predicted molar refractivity (Wildman–Crippen MR) is 178 cm³/mol. The first-order valence-electron chi connectivity index (χ1n) is 13.9. The van der Waals surface area contributed by atoms with E-state index in [1.54, 1.807) is 78.9 Å². The monoisotopic (exact) mass is 635 g/mol. The van der Waals surface area contributed by atoms with Crippen LogP contribution in [0.5, 0.6) is 0 Å². The molecule has 0 radical (unpaired) electrons. The minimum atomic E-state index is -0.562. The van der Waals surface area contributed by atoms with Gasteiger partial charge in [0.15, 0.2) is 0 Å². The number of hydrogen-bond acceptors (Lipinski definition) is 4. The lowest BCUT2D eigenvalue weighted by Gasteiger charge is -2.17. The van der Waals surface area contributed by atoms with Gasteiger partial charge in [-0.3, -0.25) is 14.4 Å². The van der Waals surface area contributed by atoms with Gasteiger partial charge in [0.25, 0.3) is 11.8 Å². The van der Waals surface area contributed by atoms with Crippen molar-refractivity contribution in [1.29, 1.82) is 0 Å². The van der Waals surface area contributed by atoms with E-state index in [2.05, 4.69) is 16.0 Å². The lowest BCUT2D eigenvalue weighted by molar-refractivity contribution is -0.116. The fourth-order valence-corrected chi connectivity index (χ4v) is 5.41. The van der Waals surface area contributed by atoms with Gasteiger partial charge in [0, 0.05) is 26.9 Å². The summed E-state index contributed by atoms with van der Waals surface area (Å²) in [7, 11) is 0. The molecule has 0 heterocycles. The smallest absolute Gasteiger partial charge is 0.272 e. The molecule has 0 fully saturated rings. The van der Waals surface area contributed by atoms with Gasteiger partial charge < -0.3 is 16.0 Å². The normalized spacial score (nSPS) is 11.7. The summed E-state index contributed by atoms with van der Waals surface area (Å²) in [5, 5.41) is 8.45. The zero-order valence-electron chi connectivity index (χ0n) is 23.7. The molecule has 0 saturated carbocycles. The molecule has 6 nitrogen and oxygen atoms in total. The Labute approximate surface area is 269 Å². The Morgan fingerprint density at radius 2 is 1.27 bits per heavy atom. The SMILES string of the molecule is O=C(Nc1ccc(SC(C(=O)Nc2ccc(Cl)cc2)c2ccccc2)cc1)/C(=C/c1ccc(F)cc1)NC(=O)c1ccccc1. The summed E-state index contributed by atoms with van der Waals surface area (Å²) in [5.41, 5.74) is 2.83. The van der Waals surface area contributed by atoms with Gasteiger partial charge in [-0.2, -0.15) is 0 Å². The number of halogens is 2. The molecule has 1 unspecified atom stereocenters. The van der Waals surface area contributed by atoms with Gasteiger partial charge in [-0.25, -0.2) is 4.39 Å². The van der Waals surface area contributed by atoms with Crippen LogP contribution < -0.4 is 16.0 Å². The molecule has 5 rings (SSSR count). The van der Waals surface area contributed by atoms with Crippen LogP contribution in [0.3, 0.4) is 0 Å². The number of nitrogens with one attached hydrogen (secondary N) is 3. The Hall–Kier alpha value is -5.18. The molecule has 0 aromatic heterocycles. The molecule has 1 atom stereocenters. The van der Waals surface area contributed by atoms with Crippen molar-refractivity contribution in [3.8, 4) is 0 Å². The highest BCUT2D eigenvalue weighted by Gasteiger charge is 2.22. The van der Waals surface area contributed by atoms with E-state index in [4.69, 9.17) is 11.6 Å². The molecule has 0 bridgehead atoms. The second-order valence-corrected chi connectivity index (χ2v) is 11.4. The van der Waals surface area contributed by atoms with Crippen LogP contribution in [-0.4, -0.2) is 17.7 Å². The molecule has 0 saturated heterocycles. The molecule has 3 N–H and O–H groups in total. The number of thioether (sulfide) groups is 1. The van der Waals surface area contributed by atoms with Crippen LogP contribution in [0.15, 0.2) is 144 Å². The molecule has 9 heteroatoms. The topological polar surface area (TPSA) is 87.3 Å². The minimum absolute atomic E-state index is 0.0167. The van der Waals surface area contributed by atoms with E-state index in [-0.39, 0.29) is 11.6 Å². The van der Waals surface area contributed by atoms with E-state index in [9.17, 15) is 18.8 Å². The van der Waals surface area contributed by atoms with Crippen LogP contribution in [-0.2, 0) is 9.59 Å². The Morgan fingerprint density at radius 1 is 0.689 bits per heavy atom. The number of carbonyl (C=O) groups excluding carboxylic acids is 3. The van der Waals surface area contributed by atoms with Crippen molar-refractivity contribution in [2.45, 2.75) is 10.1 Å². The first kappa shape index (κ1) is 31.3. The third-order valence-electron chi connectivity index (χ3n) is 6.53. The van der Waals surface area contributed by atoms with Gasteiger partial charge in [-0.15, -0.1) is 11.8 Å². The maximum absolute atomic E-state index is 13.5. The highest BCUT2D eigenvalue weighted by molar-refractivity contribution is 8.00. The highest BCUT2D eigenvalue weighted by atomic mass is 35.5. The molecule has 0 aliphatic rings. The third kappa shape index (κ3) is 8.92. The number of carbonyl (C=O) groups is 3. The minimum Gasteiger partial charge on any atom is -0.325 e. The van der Waals surface area contributed by atoms with Gasteiger partial charge >= 0.3 is 0 Å². The summed E-state index contributed by atoms with van der Waals surface area (Å²) < 4.78 is 13.5. The molecule has 5 aromatic rings. The lowest BCUT2D eigenvalue weighted by atomic mass is 10.1. The van der Waals surface area contributed by atoms with Crippen molar-refractivity contribution in [2.75, 3.05) is 10.6 Å². The number of benzene rings is 5. The van der Waals surface area contributed by atoms with E-state index in [0.717, 1.165) is 10.5 Å². The zero-order valence-corrected chi connectivity index (χ0v) is 25.3. The van der Waals surface area contributed by atoms with Crippen molar-refractivity contribution < 1.29 is 18.8 Å². The molecule has 0 spiro atoms. The van der Waals surface area contributed by atoms with E-state index >= 15 is 0 Å². The molecular formula is C36H27ClFN3O3S. The first-order valence-corrected chi connectivity index (χ1v) is 15.1. The van der Waals surface area contributed by atoms with Crippen LogP contribution in [0.4, 0.5) is 15.8 Å². The Morgan fingerprint density at radius 3 is 1.91 bits per heavy atom. The summed E-state index contributed by atoms with van der Waals surface area (Å²) in [6, 6.07) is 37.5. The Kier molecular flexibility index (Phi) is 10.4. The Balaban J connectivity index is 1.32. The number of hydrogen-bond donors (Lipinski definition) is 3. The summed E-state index contributed by atoms with van der Waals surface area (Å²) in [5.74, 6) is -1.64. The van der Waals surface area contributed by atoms with E-state index < -0.39 is 22.9 Å². The average Bonchev–Trinajstić information content (AvgIpc) is 3.06. The number of amides is 3. The standard InChI is InChI=1S/C36H27ClFN3O3S/c37-27-13-17-29(18-14-27)40-36(44)33(25-7-3-1-4-8-25)45-31-21-19-30(20-22-31)39-35(43)32(23-24-11-15-28(38)16-12-24)41-34(42)26-9-5-2-6-10-26/h1-23,33H,(H,39,43)(H,40,44)(H,41,42)/b32-23-. The number of rotatable bonds is 10. The van der Waals surface area contributed by atoms with Gasteiger partial charge in [0.05, 0.1) is 0 Å². The molecule has 0 aliphatic heterocycles. The maximum atomic E-state index is 13.5. The Bertz CT molecular complexity index is 1800. The molecule has 224 valence electrons. The molecule has 45 heavy (non-hydrogen) atoms. The van der Waals surface area contributed by atoms with Crippen LogP contribution in [0, 0.1) is 5.82 Å². The molecule has 3 amide bonds. The fourth-order valence-electron chi connectivity index (χ4n) is 4.26. The van der Waals surface area contributed by atoms with E-state index in [1.807, 2.05) is 30.3 Å². The third-order valence-corrected chi connectivity index (χ3v) is 8.05. The quantitative estimate of drug-likeness (QED) is 0.106. The largest absolute Gasteiger partial charge is 0.325 e. The lowest BCUT2D eigenvalue weighted by Crippen LogP contribution is -2.30. The summed E-state index contributed by atoms with van der Waals surface area (Å²) in [6.07, 6.45) is 1.48. The van der Waals surface area contributed by atoms with Gasteiger partial charge in [-0.05, 0) is 90.0 Å². The number of anilines is 2. The van der Waals surface area contributed by atoms with Crippen molar-refractivity contribution >= 4 is 58.5 Å². The van der Waals surface area contributed by atoms with Crippen LogP contribution in [0.2, 0.25) is 5.02 Å². The summed E-state index contributed by atoms with van der Waals surface area (Å²) in [6.45, 7) is 0. The van der Waals surface area contributed by atoms with Crippen LogP contribution in [0.1, 0.15) is 26.7 Å². The second kappa shape index (κ2) is 15.0. The van der Waals surface area contributed by atoms with E-state index in [1.165, 1.54) is 42.1 Å². The van der Waals surface area contributed by atoms with Crippen molar-refractivity contribution in [2.24, 2.45) is 0 Å².